The van der Waals surface area contributed by atoms with Crippen LogP contribution >= 0.6 is 11.6 Å². The summed E-state index contributed by atoms with van der Waals surface area (Å²) < 4.78 is 7.87. The number of amides is 3. The van der Waals surface area contributed by atoms with Gasteiger partial charge in [-0.15, -0.1) is 5.10 Å². The number of nitrogens with one attached hydrogen (secondary N) is 1. The minimum atomic E-state index is -0.420. The SMILES string of the molecule is CNC(=O)[C@H]1CCCC[C@H]1C(=O)N1CCc2c(Cl)ccc(OCc3cn(C)nn3)c2[C@H]1CN1CCCC1=O. The Labute approximate surface area is 227 Å². The normalized spacial score (nSPS) is 23.3. The van der Waals surface area contributed by atoms with Crippen molar-refractivity contribution in [1.82, 2.24) is 30.1 Å². The van der Waals surface area contributed by atoms with Crippen LogP contribution in [0.25, 0.3) is 0 Å². The number of nitrogens with zero attached hydrogens (tertiary/aromatic N) is 5. The molecule has 5 rings (SSSR count). The van der Waals surface area contributed by atoms with Crippen LogP contribution in [0.1, 0.15) is 61.4 Å². The average Bonchev–Trinajstić information content (AvgIpc) is 3.54. The molecule has 2 aliphatic heterocycles. The molecule has 1 N–H and O–H groups in total. The highest BCUT2D eigenvalue weighted by molar-refractivity contribution is 6.31. The van der Waals surface area contributed by atoms with E-state index in [1.54, 1.807) is 25.0 Å². The third-order valence-electron chi connectivity index (χ3n) is 8.11. The van der Waals surface area contributed by atoms with Crippen molar-refractivity contribution in [2.45, 2.75) is 57.6 Å². The van der Waals surface area contributed by atoms with Crippen molar-refractivity contribution in [3.05, 3.63) is 40.2 Å². The standard InChI is InChI=1S/C27H35ClN6O4/c1-29-26(36)18-6-3-4-7-19(18)27(37)34-13-11-20-21(28)9-10-23(38-16-17-14-32(2)31-30-17)25(20)22(34)15-33-12-5-8-24(33)35/h9-10,14,18-19,22H,3-8,11-13,15-16H2,1-2H3,(H,29,36)/t18-,19+,22+/m0/s1. The average molecular weight is 543 g/mol. The maximum atomic E-state index is 14.2. The molecule has 1 aromatic carbocycles. The molecule has 1 saturated carbocycles. The van der Waals surface area contributed by atoms with Gasteiger partial charge in [0.1, 0.15) is 18.1 Å². The van der Waals surface area contributed by atoms with E-state index >= 15 is 0 Å². The molecule has 0 radical (unpaired) electrons. The second kappa shape index (κ2) is 11.3. The Hall–Kier alpha value is -3.14. The molecule has 0 spiro atoms. The van der Waals surface area contributed by atoms with Crippen LogP contribution in [0.15, 0.2) is 18.3 Å². The first-order chi connectivity index (χ1) is 18.4. The monoisotopic (exact) mass is 542 g/mol. The zero-order valence-electron chi connectivity index (χ0n) is 22.0. The molecular formula is C27H35ClN6O4. The van der Waals surface area contributed by atoms with Crippen LogP contribution in [0.2, 0.25) is 5.02 Å². The summed E-state index contributed by atoms with van der Waals surface area (Å²) in [5.41, 5.74) is 2.46. The fourth-order valence-electron chi connectivity index (χ4n) is 6.22. The summed E-state index contributed by atoms with van der Waals surface area (Å²) in [6.45, 7) is 1.72. The number of likely N-dealkylation sites (tertiary alicyclic amines) is 1. The van der Waals surface area contributed by atoms with E-state index in [0.29, 0.717) is 61.8 Å². The maximum Gasteiger partial charge on any atom is 0.227 e. The summed E-state index contributed by atoms with van der Waals surface area (Å²) in [6.07, 6.45) is 6.92. The van der Waals surface area contributed by atoms with Gasteiger partial charge < -0.3 is 19.9 Å². The molecule has 1 aliphatic carbocycles. The number of carbonyl (C=O) groups excluding carboxylic acids is 3. The molecule has 1 saturated heterocycles. The zero-order chi connectivity index (χ0) is 26.8. The van der Waals surface area contributed by atoms with Gasteiger partial charge in [0.25, 0.3) is 0 Å². The van der Waals surface area contributed by atoms with Crippen molar-refractivity contribution in [2.75, 3.05) is 26.7 Å². The summed E-state index contributed by atoms with van der Waals surface area (Å²) in [5, 5.41) is 11.5. The van der Waals surface area contributed by atoms with Crippen LogP contribution in [0, 0.1) is 11.8 Å². The van der Waals surface area contributed by atoms with E-state index in [1.807, 2.05) is 21.9 Å². The molecule has 0 bridgehead atoms. The second-order valence-corrected chi connectivity index (χ2v) is 10.9. The molecule has 2 fully saturated rings. The number of hydrogen-bond acceptors (Lipinski definition) is 6. The molecule has 1 aromatic heterocycles. The van der Waals surface area contributed by atoms with Gasteiger partial charge in [-0.25, -0.2) is 0 Å². The Morgan fingerprint density at radius 2 is 1.92 bits per heavy atom. The van der Waals surface area contributed by atoms with Crippen LogP contribution in [0.3, 0.4) is 0 Å². The number of aromatic nitrogens is 3. The molecule has 11 heteroatoms. The molecule has 2 aromatic rings. The van der Waals surface area contributed by atoms with Crippen LogP contribution in [-0.4, -0.2) is 69.2 Å². The Morgan fingerprint density at radius 1 is 1.13 bits per heavy atom. The van der Waals surface area contributed by atoms with Gasteiger partial charge in [0.15, 0.2) is 0 Å². The van der Waals surface area contributed by atoms with E-state index in [1.165, 1.54) is 0 Å². The maximum absolute atomic E-state index is 14.2. The molecule has 204 valence electrons. The molecule has 3 amide bonds. The van der Waals surface area contributed by atoms with E-state index in [-0.39, 0.29) is 36.2 Å². The lowest BCUT2D eigenvalue weighted by Crippen LogP contribution is -2.50. The molecular weight excluding hydrogens is 508 g/mol. The first kappa shape index (κ1) is 26.5. The topological polar surface area (TPSA) is 110 Å². The summed E-state index contributed by atoms with van der Waals surface area (Å²) in [5.74, 6) is -0.123. The number of rotatable bonds is 7. The van der Waals surface area contributed by atoms with Gasteiger partial charge in [0.2, 0.25) is 17.7 Å². The van der Waals surface area contributed by atoms with Gasteiger partial charge in [-0.05, 0) is 43.4 Å². The number of carbonyl (C=O) groups is 3. The van der Waals surface area contributed by atoms with Gasteiger partial charge in [0.05, 0.1) is 12.2 Å². The Balaban J connectivity index is 1.51. The second-order valence-electron chi connectivity index (χ2n) is 10.5. The van der Waals surface area contributed by atoms with Crippen LogP contribution in [0.4, 0.5) is 0 Å². The van der Waals surface area contributed by atoms with Gasteiger partial charge >= 0.3 is 0 Å². The van der Waals surface area contributed by atoms with E-state index in [2.05, 4.69) is 15.6 Å². The lowest BCUT2D eigenvalue weighted by atomic mass is 9.77. The van der Waals surface area contributed by atoms with Crippen molar-refractivity contribution >= 4 is 29.3 Å². The fraction of sp³-hybridized carbons (Fsp3) is 0.593. The van der Waals surface area contributed by atoms with Crippen molar-refractivity contribution in [1.29, 1.82) is 0 Å². The number of aryl methyl sites for hydroxylation is 1. The summed E-state index contributed by atoms with van der Waals surface area (Å²) in [6, 6.07) is 3.24. The summed E-state index contributed by atoms with van der Waals surface area (Å²) in [4.78, 5) is 43.3. The third kappa shape index (κ3) is 5.23. The molecule has 0 unspecified atom stereocenters. The predicted octanol–water partition coefficient (Wildman–Crippen LogP) is 2.65. The van der Waals surface area contributed by atoms with Gasteiger partial charge in [-0.2, -0.15) is 0 Å². The quantitative estimate of drug-likeness (QED) is 0.576. The van der Waals surface area contributed by atoms with Crippen molar-refractivity contribution in [3.8, 4) is 5.75 Å². The highest BCUT2D eigenvalue weighted by atomic mass is 35.5. The summed E-state index contributed by atoms with van der Waals surface area (Å²) in [7, 11) is 3.42. The zero-order valence-corrected chi connectivity index (χ0v) is 22.7. The van der Waals surface area contributed by atoms with Crippen molar-refractivity contribution < 1.29 is 19.1 Å². The van der Waals surface area contributed by atoms with Crippen LogP contribution < -0.4 is 10.1 Å². The number of fused-ring (bicyclic) bond motifs is 1. The smallest absolute Gasteiger partial charge is 0.227 e. The highest BCUT2D eigenvalue weighted by Crippen LogP contribution is 2.43. The van der Waals surface area contributed by atoms with Gasteiger partial charge in [0, 0.05) is 62.6 Å². The Kier molecular flexibility index (Phi) is 7.88. The first-order valence-corrected chi connectivity index (χ1v) is 13.8. The van der Waals surface area contributed by atoms with E-state index < -0.39 is 6.04 Å². The Morgan fingerprint density at radius 3 is 2.61 bits per heavy atom. The molecule has 10 nitrogen and oxygen atoms in total. The highest BCUT2D eigenvalue weighted by Gasteiger charge is 2.43. The Bertz CT molecular complexity index is 1220. The van der Waals surface area contributed by atoms with E-state index in [0.717, 1.165) is 30.4 Å². The van der Waals surface area contributed by atoms with Gasteiger partial charge in [-0.1, -0.05) is 29.7 Å². The minimum absolute atomic E-state index is 0.0274. The molecule has 3 aliphatic rings. The molecule has 3 atom stereocenters. The largest absolute Gasteiger partial charge is 0.487 e. The van der Waals surface area contributed by atoms with Crippen LogP contribution in [-0.2, 0) is 34.5 Å². The van der Waals surface area contributed by atoms with Gasteiger partial charge in [-0.3, -0.25) is 19.1 Å². The third-order valence-corrected chi connectivity index (χ3v) is 8.47. The fourth-order valence-corrected chi connectivity index (χ4v) is 6.48. The predicted molar refractivity (Wildman–Crippen MR) is 140 cm³/mol. The lowest BCUT2D eigenvalue weighted by Gasteiger charge is -2.43. The van der Waals surface area contributed by atoms with E-state index in [4.69, 9.17) is 16.3 Å². The molecule has 38 heavy (non-hydrogen) atoms. The number of ether oxygens (including phenoxy) is 1. The number of halogens is 1. The minimum Gasteiger partial charge on any atom is -0.487 e. The van der Waals surface area contributed by atoms with Crippen molar-refractivity contribution in [2.24, 2.45) is 18.9 Å². The molecule has 3 heterocycles. The first-order valence-electron chi connectivity index (χ1n) is 13.5. The lowest BCUT2D eigenvalue weighted by molar-refractivity contribution is -0.147. The number of benzene rings is 1. The van der Waals surface area contributed by atoms with Crippen LogP contribution in [0.5, 0.6) is 5.75 Å². The van der Waals surface area contributed by atoms with E-state index in [9.17, 15) is 14.4 Å². The summed E-state index contributed by atoms with van der Waals surface area (Å²) >= 11 is 6.69. The van der Waals surface area contributed by atoms with Crippen molar-refractivity contribution in [3.63, 3.8) is 0 Å². The number of hydrogen-bond donors (Lipinski definition) is 1.